The Bertz CT molecular complexity index is 780. The molecule has 0 fully saturated rings. The van der Waals surface area contributed by atoms with Crippen molar-refractivity contribution in [2.24, 2.45) is 0 Å². The van der Waals surface area contributed by atoms with Crippen LogP contribution in [0, 0.1) is 0 Å². The smallest absolute Gasteiger partial charge is 0.251 e. The molecule has 0 saturated carbocycles. The van der Waals surface area contributed by atoms with E-state index >= 15 is 0 Å². The number of hydrogen-bond acceptors (Lipinski definition) is 2. The van der Waals surface area contributed by atoms with Crippen molar-refractivity contribution in [3.05, 3.63) is 83.4 Å². The molecule has 3 aromatic rings. The molecule has 4 nitrogen and oxygen atoms in total. The summed E-state index contributed by atoms with van der Waals surface area (Å²) >= 11 is 5.88. The van der Waals surface area contributed by atoms with Crippen LogP contribution in [0.4, 0.5) is 0 Å². The van der Waals surface area contributed by atoms with Gasteiger partial charge in [-0.15, -0.1) is 0 Å². The van der Waals surface area contributed by atoms with E-state index in [1.54, 1.807) is 24.7 Å². The zero-order chi connectivity index (χ0) is 16.2. The van der Waals surface area contributed by atoms with Crippen molar-refractivity contribution >= 4 is 17.5 Å². The third-order valence-corrected chi connectivity index (χ3v) is 3.90. The standard InChI is InChI=1S/C18H16ClN3O/c1-13(14-2-6-16(19)7-3-14)21-18(23)15-4-8-17(9-5-15)22-11-10-20-12-22/h2-13H,1H3,(H,21,23). The molecule has 2 aromatic carbocycles. The van der Waals surface area contributed by atoms with Crippen LogP contribution >= 0.6 is 11.6 Å². The first-order chi connectivity index (χ1) is 11.1. The number of nitrogens with zero attached hydrogens (tertiary/aromatic N) is 2. The van der Waals surface area contributed by atoms with Gasteiger partial charge in [-0.2, -0.15) is 0 Å². The number of aromatic nitrogens is 2. The number of hydrogen-bond donors (Lipinski definition) is 1. The molecular formula is C18H16ClN3O. The highest BCUT2D eigenvalue weighted by atomic mass is 35.5. The maximum atomic E-state index is 12.3. The van der Waals surface area contributed by atoms with Gasteiger partial charge in [0, 0.05) is 28.7 Å². The monoisotopic (exact) mass is 325 g/mol. The topological polar surface area (TPSA) is 46.9 Å². The summed E-state index contributed by atoms with van der Waals surface area (Å²) < 4.78 is 1.89. The Morgan fingerprint density at radius 1 is 1.13 bits per heavy atom. The van der Waals surface area contributed by atoms with Crippen LogP contribution in [0.2, 0.25) is 5.02 Å². The van der Waals surface area contributed by atoms with Gasteiger partial charge in [-0.3, -0.25) is 4.79 Å². The van der Waals surface area contributed by atoms with Crippen molar-refractivity contribution in [2.75, 3.05) is 0 Å². The molecule has 116 valence electrons. The Kier molecular flexibility index (Phi) is 4.44. The van der Waals surface area contributed by atoms with Crippen molar-refractivity contribution in [1.82, 2.24) is 14.9 Å². The van der Waals surface area contributed by atoms with Gasteiger partial charge in [-0.1, -0.05) is 23.7 Å². The Balaban J connectivity index is 1.69. The molecule has 23 heavy (non-hydrogen) atoms. The lowest BCUT2D eigenvalue weighted by Crippen LogP contribution is -2.26. The lowest BCUT2D eigenvalue weighted by molar-refractivity contribution is 0.0940. The maximum Gasteiger partial charge on any atom is 0.251 e. The third kappa shape index (κ3) is 3.60. The SMILES string of the molecule is CC(NC(=O)c1ccc(-n2ccnc2)cc1)c1ccc(Cl)cc1. The Labute approximate surface area is 139 Å². The van der Waals surface area contributed by atoms with Gasteiger partial charge in [-0.25, -0.2) is 4.98 Å². The minimum absolute atomic E-state index is 0.0897. The Hall–Kier alpha value is -2.59. The van der Waals surface area contributed by atoms with Gasteiger partial charge < -0.3 is 9.88 Å². The van der Waals surface area contributed by atoms with Crippen LogP contribution in [0.25, 0.3) is 5.69 Å². The highest BCUT2D eigenvalue weighted by Gasteiger charge is 2.11. The quantitative estimate of drug-likeness (QED) is 0.787. The first-order valence-electron chi connectivity index (χ1n) is 7.28. The van der Waals surface area contributed by atoms with Crippen LogP contribution in [-0.2, 0) is 0 Å². The van der Waals surface area contributed by atoms with E-state index in [9.17, 15) is 4.79 Å². The second-order valence-electron chi connectivity index (χ2n) is 5.26. The number of halogens is 1. The largest absolute Gasteiger partial charge is 0.346 e. The number of rotatable bonds is 4. The predicted octanol–water partition coefficient (Wildman–Crippen LogP) is 4.02. The molecule has 1 atom stereocenters. The first kappa shape index (κ1) is 15.3. The summed E-state index contributed by atoms with van der Waals surface area (Å²) in [5.74, 6) is -0.107. The third-order valence-electron chi connectivity index (χ3n) is 3.65. The van der Waals surface area contributed by atoms with Gasteiger partial charge >= 0.3 is 0 Å². The fraction of sp³-hybridized carbons (Fsp3) is 0.111. The summed E-state index contributed by atoms with van der Waals surface area (Å²) in [5.41, 5.74) is 2.59. The molecular weight excluding hydrogens is 310 g/mol. The highest BCUT2D eigenvalue weighted by Crippen LogP contribution is 2.17. The van der Waals surface area contributed by atoms with Crippen molar-refractivity contribution < 1.29 is 4.79 Å². The molecule has 1 unspecified atom stereocenters. The average molecular weight is 326 g/mol. The molecule has 0 aliphatic heterocycles. The van der Waals surface area contributed by atoms with E-state index in [0.29, 0.717) is 10.6 Å². The van der Waals surface area contributed by atoms with Crippen molar-refractivity contribution in [3.8, 4) is 5.69 Å². The summed E-state index contributed by atoms with van der Waals surface area (Å²) in [4.78, 5) is 16.3. The summed E-state index contributed by atoms with van der Waals surface area (Å²) in [7, 11) is 0. The zero-order valence-corrected chi connectivity index (χ0v) is 13.4. The lowest BCUT2D eigenvalue weighted by Gasteiger charge is -2.14. The van der Waals surface area contributed by atoms with Gasteiger partial charge in [-0.05, 0) is 48.9 Å². The second-order valence-corrected chi connectivity index (χ2v) is 5.70. The molecule has 0 aliphatic rings. The number of benzene rings is 2. The zero-order valence-electron chi connectivity index (χ0n) is 12.6. The fourth-order valence-corrected chi connectivity index (χ4v) is 2.44. The van der Waals surface area contributed by atoms with Crippen LogP contribution in [0.15, 0.2) is 67.3 Å². The minimum atomic E-state index is -0.107. The summed E-state index contributed by atoms with van der Waals surface area (Å²) in [6, 6.07) is 14.8. The van der Waals surface area contributed by atoms with Gasteiger partial charge in [0.25, 0.3) is 5.91 Å². The molecule has 0 saturated heterocycles. The lowest BCUT2D eigenvalue weighted by atomic mass is 10.1. The molecule has 1 amide bonds. The maximum absolute atomic E-state index is 12.3. The van der Waals surface area contributed by atoms with Gasteiger partial charge in [0.1, 0.15) is 0 Å². The second kappa shape index (κ2) is 6.67. The molecule has 1 aromatic heterocycles. The van der Waals surface area contributed by atoms with E-state index in [1.807, 2.05) is 54.1 Å². The van der Waals surface area contributed by atoms with Crippen LogP contribution in [0.3, 0.4) is 0 Å². The molecule has 0 spiro atoms. The molecule has 1 heterocycles. The van der Waals surface area contributed by atoms with E-state index in [4.69, 9.17) is 11.6 Å². The average Bonchev–Trinajstić information content (AvgIpc) is 3.10. The van der Waals surface area contributed by atoms with E-state index in [2.05, 4.69) is 10.3 Å². The number of nitrogens with one attached hydrogen (secondary N) is 1. The van der Waals surface area contributed by atoms with E-state index in [1.165, 1.54) is 0 Å². The fourth-order valence-electron chi connectivity index (χ4n) is 2.31. The van der Waals surface area contributed by atoms with Crippen LogP contribution in [0.1, 0.15) is 28.9 Å². The molecule has 5 heteroatoms. The molecule has 0 radical (unpaired) electrons. The molecule has 0 aliphatic carbocycles. The van der Waals surface area contributed by atoms with Gasteiger partial charge in [0.15, 0.2) is 0 Å². The first-order valence-corrected chi connectivity index (χ1v) is 7.66. The van der Waals surface area contributed by atoms with Crippen molar-refractivity contribution in [1.29, 1.82) is 0 Å². The minimum Gasteiger partial charge on any atom is -0.346 e. The Morgan fingerprint density at radius 2 is 1.83 bits per heavy atom. The van der Waals surface area contributed by atoms with E-state index in [0.717, 1.165) is 11.3 Å². The van der Waals surface area contributed by atoms with Crippen molar-refractivity contribution in [2.45, 2.75) is 13.0 Å². The van der Waals surface area contributed by atoms with E-state index in [-0.39, 0.29) is 11.9 Å². The number of carbonyl (C=O) groups excluding carboxylic acids is 1. The van der Waals surface area contributed by atoms with Crippen molar-refractivity contribution in [3.63, 3.8) is 0 Å². The van der Waals surface area contributed by atoms with Gasteiger partial charge in [0.2, 0.25) is 0 Å². The number of imidazole rings is 1. The Morgan fingerprint density at radius 3 is 2.43 bits per heavy atom. The molecule has 0 bridgehead atoms. The summed E-state index contributed by atoms with van der Waals surface area (Å²) in [6.45, 7) is 1.95. The van der Waals surface area contributed by atoms with Crippen LogP contribution in [-0.4, -0.2) is 15.5 Å². The van der Waals surface area contributed by atoms with E-state index < -0.39 is 0 Å². The summed E-state index contributed by atoms with van der Waals surface area (Å²) in [5, 5.41) is 3.67. The molecule has 3 rings (SSSR count). The molecule has 1 N–H and O–H groups in total. The van der Waals surface area contributed by atoms with Gasteiger partial charge in [0.05, 0.1) is 12.4 Å². The number of carbonyl (C=O) groups is 1. The highest BCUT2D eigenvalue weighted by molar-refractivity contribution is 6.30. The number of amides is 1. The predicted molar refractivity (Wildman–Crippen MR) is 90.9 cm³/mol. The van der Waals surface area contributed by atoms with Crippen LogP contribution < -0.4 is 5.32 Å². The van der Waals surface area contributed by atoms with Crippen LogP contribution in [0.5, 0.6) is 0 Å². The normalized spacial score (nSPS) is 11.9. The summed E-state index contributed by atoms with van der Waals surface area (Å²) in [6.07, 6.45) is 5.30.